The summed E-state index contributed by atoms with van der Waals surface area (Å²) in [6.45, 7) is 2.62. The summed E-state index contributed by atoms with van der Waals surface area (Å²) < 4.78 is 5.13. The van der Waals surface area contributed by atoms with Crippen molar-refractivity contribution in [1.82, 2.24) is 9.80 Å². The summed E-state index contributed by atoms with van der Waals surface area (Å²) in [5, 5.41) is 9.24. The first-order valence-corrected chi connectivity index (χ1v) is 6.29. The summed E-state index contributed by atoms with van der Waals surface area (Å²) in [5.74, 6) is 0.714. The lowest BCUT2D eigenvalue weighted by Gasteiger charge is -2.51. The summed E-state index contributed by atoms with van der Waals surface area (Å²) in [5.41, 5.74) is 0.0790. The molecule has 0 radical (unpaired) electrons. The Morgan fingerprint density at radius 3 is 2.94 bits per heavy atom. The number of nitrogens with zero attached hydrogens (tertiary/aromatic N) is 2. The van der Waals surface area contributed by atoms with Crippen LogP contribution in [0.4, 0.5) is 0 Å². The highest BCUT2D eigenvalue weighted by atomic mass is 16.3. The summed E-state index contributed by atoms with van der Waals surface area (Å²) in [6, 6.07) is 3.43. The molecule has 0 unspecified atom stereocenters. The number of aliphatic hydroxyl groups is 1. The Morgan fingerprint density at radius 1 is 1.61 bits per heavy atom. The van der Waals surface area contributed by atoms with Gasteiger partial charge in [-0.15, -0.1) is 0 Å². The molecule has 5 nitrogen and oxygen atoms in total. The van der Waals surface area contributed by atoms with Crippen LogP contribution in [0.3, 0.4) is 0 Å². The summed E-state index contributed by atoms with van der Waals surface area (Å²) >= 11 is 0. The number of likely N-dealkylation sites (N-methyl/N-ethyl adjacent to an activating group) is 1. The van der Waals surface area contributed by atoms with E-state index in [9.17, 15) is 9.90 Å². The Kier molecular flexibility index (Phi) is 2.68. The van der Waals surface area contributed by atoms with Gasteiger partial charge >= 0.3 is 0 Å². The van der Waals surface area contributed by atoms with Gasteiger partial charge in [-0.05, 0) is 31.5 Å². The minimum Gasteiger partial charge on any atom is -0.459 e. The molecule has 1 aromatic rings. The first-order valence-electron chi connectivity index (χ1n) is 6.29. The van der Waals surface area contributed by atoms with Crippen LogP contribution in [0.15, 0.2) is 22.8 Å². The van der Waals surface area contributed by atoms with Crippen LogP contribution in [-0.2, 0) is 0 Å². The average molecular weight is 250 g/mol. The van der Waals surface area contributed by atoms with Gasteiger partial charge in [0.25, 0.3) is 5.91 Å². The van der Waals surface area contributed by atoms with Crippen LogP contribution in [0, 0.1) is 5.92 Å². The van der Waals surface area contributed by atoms with Crippen molar-refractivity contribution in [3.8, 4) is 0 Å². The van der Waals surface area contributed by atoms with Gasteiger partial charge in [-0.2, -0.15) is 0 Å². The smallest absolute Gasteiger partial charge is 0.289 e. The van der Waals surface area contributed by atoms with Crippen molar-refractivity contribution in [2.45, 2.75) is 12.0 Å². The number of furan rings is 1. The molecular weight excluding hydrogens is 232 g/mol. The van der Waals surface area contributed by atoms with Crippen molar-refractivity contribution in [1.29, 1.82) is 0 Å². The molecule has 0 aromatic carbocycles. The fourth-order valence-electron chi connectivity index (χ4n) is 3.20. The highest BCUT2D eigenvalue weighted by molar-refractivity contribution is 5.92. The van der Waals surface area contributed by atoms with Crippen molar-refractivity contribution in [2.24, 2.45) is 5.92 Å². The van der Waals surface area contributed by atoms with E-state index in [1.54, 1.807) is 12.1 Å². The molecule has 1 atom stereocenters. The Labute approximate surface area is 106 Å². The second-order valence-corrected chi connectivity index (χ2v) is 5.50. The maximum Gasteiger partial charge on any atom is 0.289 e. The second-order valence-electron chi connectivity index (χ2n) is 5.50. The zero-order chi connectivity index (χ0) is 12.8. The van der Waals surface area contributed by atoms with Gasteiger partial charge in [0, 0.05) is 26.2 Å². The van der Waals surface area contributed by atoms with E-state index < -0.39 is 0 Å². The fraction of sp³-hybridized carbons (Fsp3) is 0.615. The molecule has 2 aliphatic rings. The van der Waals surface area contributed by atoms with Crippen molar-refractivity contribution < 1.29 is 14.3 Å². The van der Waals surface area contributed by atoms with E-state index in [1.165, 1.54) is 6.26 Å². The molecule has 2 aliphatic heterocycles. The number of carbonyl (C=O) groups is 1. The topological polar surface area (TPSA) is 56.9 Å². The van der Waals surface area contributed by atoms with E-state index in [-0.39, 0.29) is 18.1 Å². The minimum atomic E-state index is -0.0357. The van der Waals surface area contributed by atoms with Crippen LogP contribution in [0.2, 0.25) is 0 Å². The molecule has 18 heavy (non-hydrogen) atoms. The Hall–Kier alpha value is -1.33. The molecule has 1 aromatic heterocycles. The van der Waals surface area contributed by atoms with Crippen LogP contribution < -0.4 is 0 Å². The molecule has 0 saturated carbocycles. The van der Waals surface area contributed by atoms with E-state index in [0.717, 1.165) is 26.1 Å². The standard InChI is InChI=1S/C13H18N2O3/c1-14-6-10(7-16)5-13(14)8-15(9-13)12(17)11-3-2-4-18-11/h2-4,10,16H,5-9H2,1H3/t10-/m1/s1. The predicted octanol–water partition coefficient (Wildman–Crippen LogP) is 0.418. The third-order valence-corrected chi connectivity index (χ3v) is 4.26. The van der Waals surface area contributed by atoms with E-state index in [1.807, 2.05) is 4.90 Å². The molecule has 98 valence electrons. The number of hydrogen-bond acceptors (Lipinski definition) is 4. The molecule has 0 bridgehead atoms. The lowest BCUT2D eigenvalue weighted by atomic mass is 9.84. The molecule has 1 N–H and O–H groups in total. The Bertz CT molecular complexity index is 437. The molecule has 0 aliphatic carbocycles. The van der Waals surface area contributed by atoms with Crippen LogP contribution in [-0.4, -0.2) is 59.6 Å². The highest BCUT2D eigenvalue weighted by Gasteiger charge is 2.53. The zero-order valence-corrected chi connectivity index (χ0v) is 10.5. The van der Waals surface area contributed by atoms with Crippen LogP contribution >= 0.6 is 0 Å². The van der Waals surface area contributed by atoms with Crippen molar-refractivity contribution >= 4 is 5.91 Å². The Balaban J connectivity index is 1.65. The molecule has 5 heteroatoms. The first-order chi connectivity index (χ1) is 8.64. The van der Waals surface area contributed by atoms with E-state index in [0.29, 0.717) is 11.7 Å². The Morgan fingerprint density at radius 2 is 2.39 bits per heavy atom. The van der Waals surface area contributed by atoms with E-state index in [2.05, 4.69) is 11.9 Å². The maximum atomic E-state index is 12.1. The third kappa shape index (κ3) is 1.66. The van der Waals surface area contributed by atoms with Gasteiger partial charge in [0.05, 0.1) is 11.8 Å². The molecular formula is C13H18N2O3. The third-order valence-electron chi connectivity index (χ3n) is 4.26. The molecule has 2 fully saturated rings. The van der Waals surface area contributed by atoms with Crippen molar-refractivity contribution in [3.63, 3.8) is 0 Å². The maximum absolute atomic E-state index is 12.1. The quantitative estimate of drug-likeness (QED) is 0.826. The lowest BCUT2D eigenvalue weighted by Crippen LogP contribution is -2.68. The fourth-order valence-corrected chi connectivity index (χ4v) is 3.20. The van der Waals surface area contributed by atoms with E-state index in [4.69, 9.17) is 4.42 Å². The van der Waals surface area contributed by atoms with Crippen molar-refractivity contribution in [2.75, 3.05) is 33.3 Å². The monoisotopic (exact) mass is 250 g/mol. The van der Waals surface area contributed by atoms with Gasteiger partial charge in [0.2, 0.25) is 0 Å². The predicted molar refractivity (Wildman–Crippen MR) is 65.2 cm³/mol. The molecule has 1 spiro atoms. The lowest BCUT2D eigenvalue weighted by molar-refractivity contribution is -0.00955. The van der Waals surface area contributed by atoms with E-state index >= 15 is 0 Å². The molecule has 2 saturated heterocycles. The number of rotatable bonds is 2. The minimum absolute atomic E-state index is 0.0357. The number of hydrogen-bond donors (Lipinski definition) is 1. The number of aliphatic hydroxyl groups excluding tert-OH is 1. The SMILES string of the molecule is CN1C[C@H](CO)CC12CN(C(=O)c1ccco1)C2. The average Bonchev–Trinajstić information content (AvgIpc) is 2.93. The van der Waals surface area contributed by atoms with Crippen molar-refractivity contribution in [3.05, 3.63) is 24.2 Å². The van der Waals surface area contributed by atoms with Gasteiger partial charge in [-0.1, -0.05) is 0 Å². The van der Waals surface area contributed by atoms with Crippen LogP contribution in [0.5, 0.6) is 0 Å². The number of likely N-dealkylation sites (tertiary alicyclic amines) is 2. The highest BCUT2D eigenvalue weighted by Crippen LogP contribution is 2.39. The number of carbonyl (C=O) groups excluding carboxylic acids is 1. The van der Waals surface area contributed by atoms with Gasteiger partial charge in [0.1, 0.15) is 0 Å². The summed E-state index contributed by atoms with van der Waals surface area (Å²) in [4.78, 5) is 16.1. The van der Waals surface area contributed by atoms with Crippen LogP contribution in [0.25, 0.3) is 0 Å². The largest absolute Gasteiger partial charge is 0.459 e. The van der Waals surface area contributed by atoms with Gasteiger partial charge < -0.3 is 14.4 Å². The number of amides is 1. The molecule has 3 rings (SSSR count). The first kappa shape index (κ1) is 11.7. The van der Waals surface area contributed by atoms with Gasteiger partial charge in [-0.3, -0.25) is 9.69 Å². The second kappa shape index (κ2) is 4.10. The summed E-state index contributed by atoms with van der Waals surface area (Å²) in [7, 11) is 2.07. The zero-order valence-electron chi connectivity index (χ0n) is 10.5. The normalized spacial score (nSPS) is 26.6. The van der Waals surface area contributed by atoms with Gasteiger partial charge in [-0.25, -0.2) is 0 Å². The van der Waals surface area contributed by atoms with Gasteiger partial charge in [0.15, 0.2) is 5.76 Å². The molecule has 1 amide bonds. The summed E-state index contributed by atoms with van der Waals surface area (Å²) in [6.07, 6.45) is 2.49. The van der Waals surface area contributed by atoms with Crippen LogP contribution in [0.1, 0.15) is 17.0 Å². The molecule has 3 heterocycles.